The Bertz CT molecular complexity index is 794. The Balaban J connectivity index is 2.00. The first-order valence-electron chi connectivity index (χ1n) is 6.59. The lowest BCUT2D eigenvalue weighted by Gasteiger charge is -2.13. The largest absolute Gasteiger partial charge is 0.481 e. The third-order valence-corrected chi connectivity index (χ3v) is 4.58. The van der Waals surface area contributed by atoms with Crippen molar-refractivity contribution < 1.29 is 14.3 Å². The second-order valence-corrected chi connectivity index (χ2v) is 5.78. The van der Waals surface area contributed by atoms with Crippen molar-refractivity contribution in [3.63, 3.8) is 0 Å². The zero-order chi connectivity index (χ0) is 14.8. The van der Waals surface area contributed by atoms with Crippen molar-refractivity contribution in [2.24, 2.45) is 0 Å². The third kappa shape index (κ3) is 2.67. The maximum atomic E-state index is 13.9. The van der Waals surface area contributed by atoms with E-state index in [0.717, 1.165) is 15.6 Å². The molecule has 2 aromatic carbocycles. The van der Waals surface area contributed by atoms with Gasteiger partial charge in [0.25, 0.3) is 0 Å². The number of aliphatic carboxylic acids is 1. The molecule has 2 nitrogen and oxygen atoms in total. The summed E-state index contributed by atoms with van der Waals surface area (Å²) >= 11 is 1.58. The summed E-state index contributed by atoms with van der Waals surface area (Å²) in [5.74, 6) is -2.34. The molecule has 0 radical (unpaired) electrons. The number of carboxylic acids is 1. The van der Waals surface area contributed by atoms with Crippen LogP contribution in [0.4, 0.5) is 4.39 Å². The molecule has 106 valence electrons. The van der Waals surface area contributed by atoms with Crippen molar-refractivity contribution >= 4 is 27.4 Å². The van der Waals surface area contributed by atoms with Gasteiger partial charge in [0.15, 0.2) is 0 Å². The van der Waals surface area contributed by atoms with Gasteiger partial charge in [-0.15, -0.1) is 11.3 Å². The summed E-state index contributed by atoms with van der Waals surface area (Å²) in [6, 6.07) is 13.9. The lowest BCUT2D eigenvalue weighted by Crippen LogP contribution is -2.15. The van der Waals surface area contributed by atoms with Crippen molar-refractivity contribution in [1.82, 2.24) is 0 Å². The van der Waals surface area contributed by atoms with Crippen LogP contribution < -0.4 is 0 Å². The van der Waals surface area contributed by atoms with Crippen molar-refractivity contribution in [2.45, 2.75) is 12.3 Å². The average Bonchev–Trinajstić information content (AvgIpc) is 2.89. The van der Waals surface area contributed by atoms with Gasteiger partial charge >= 0.3 is 5.97 Å². The zero-order valence-corrected chi connectivity index (χ0v) is 11.9. The minimum absolute atomic E-state index is 0.236. The Morgan fingerprint density at radius 3 is 2.62 bits per heavy atom. The van der Waals surface area contributed by atoms with Gasteiger partial charge in [0.2, 0.25) is 0 Å². The SMILES string of the molecule is O=C(O)C(Cc1csc2ccccc12)c1ccccc1F. The molecule has 0 spiro atoms. The van der Waals surface area contributed by atoms with Crippen LogP contribution >= 0.6 is 11.3 Å². The number of fused-ring (bicyclic) bond motifs is 1. The topological polar surface area (TPSA) is 37.3 Å². The van der Waals surface area contributed by atoms with Crippen LogP contribution in [0, 0.1) is 5.82 Å². The van der Waals surface area contributed by atoms with Crippen molar-refractivity contribution in [3.05, 3.63) is 70.9 Å². The van der Waals surface area contributed by atoms with E-state index in [0.29, 0.717) is 6.42 Å². The van der Waals surface area contributed by atoms with Gasteiger partial charge in [0.1, 0.15) is 5.82 Å². The monoisotopic (exact) mass is 300 g/mol. The van der Waals surface area contributed by atoms with E-state index in [4.69, 9.17) is 0 Å². The van der Waals surface area contributed by atoms with Crippen LogP contribution in [0.15, 0.2) is 53.9 Å². The lowest BCUT2D eigenvalue weighted by atomic mass is 9.91. The molecule has 1 unspecified atom stereocenters. The molecule has 0 saturated carbocycles. The number of halogens is 1. The Morgan fingerprint density at radius 1 is 1.14 bits per heavy atom. The van der Waals surface area contributed by atoms with Gasteiger partial charge in [-0.2, -0.15) is 0 Å². The number of thiophene rings is 1. The second kappa shape index (κ2) is 5.66. The number of hydrogen-bond acceptors (Lipinski definition) is 2. The molecule has 1 heterocycles. The van der Waals surface area contributed by atoms with E-state index in [1.54, 1.807) is 29.5 Å². The van der Waals surface area contributed by atoms with Crippen molar-refractivity contribution in [2.75, 3.05) is 0 Å². The molecule has 3 aromatic rings. The summed E-state index contributed by atoms with van der Waals surface area (Å²) in [6.07, 6.45) is 0.292. The predicted octanol–water partition coefficient (Wildman–Crippen LogP) is 4.45. The molecule has 21 heavy (non-hydrogen) atoms. The Labute approximate surface area is 125 Å². The molecule has 0 amide bonds. The molecule has 1 atom stereocenters. The van der Waals surface area contributed by atoms with Crippen molar-refractivity contribution in [1.29, 1.82) is 0 Å². The van der Waals surface area contributed by atoms with Crippen LogP contribution in [0.5, 0.6) is 0 Å². The van der Waals surface area contributed by atoms with Gasteiger partial charge in [-0.05, 0) is 34.9 Å². The van der Waals surface area contributed by atoms with Gasteiger partial charge in [-0.1, -0.05) is 36.4 Å². The molecule has 0 bridgehead atoms. The molecule has 0 aliphatic rings. The smallest absolute Gasteiger partial charge is 0.311 e. The summed E-state index contributed by atoms with van der Waals surface area (Å²) in [5.41, 5.74) is 1.19. The summed E-state index contributed by atoms with van der Waals surface area (Å²) < 4.78 is 15.0. The third-order valence-electron chi connectivity index (χ3n) is 3.56. The highest BCUT2D eigenvalue weighted by Crippen LogP contribution is 2.31. The first kappa shape index (κ1) is 13.8. The normalized spacial score (nSPS) is 12.4. The summed E-state index contributed by atoms with van der Waals surface area (Å²) in [6.45, 7) is 0. The van der Waals surface area contributed by atoms with Gasteiger partial charge in [0, 0.05) is 10.3 Å². The van der Waals surface area contributed by atoms with Crippen LogP contribution in [-0.2, 0) is 11.2 Å². The van der Waals surface area contributed by atoms with E-state index < -0.39 is 17.7 Å². The van der Waals surface area contributed by atoms with Crippen molar-refractivity contribution in [3.8, 4) is 0 Å². The highest BCUT2D eigenvalue weighted by Gasteiger charge is 2.24. The number of hydrogen-bond donors (Lipinski definition) is 1. The van der Waals surface area contributed by atoms with Crippen LogP contribution in [0.2, 0.25) is 0 Å². The fourth-order valence-electron chi connectivity index (χ4n) is 2.50. The Kier molecular flexibility index (Phi) is 3.71. The van der Waals surface area contributed by atoms with Gasteiger partial charge in [-0.3, -0.25) is 4.79 Å². The average molecular weight is 300 g/mol. The molecule has 3 rings (SSSR count). The predicted molar refractivity (Wildman–Crippen MR) is 82.3 cm³/mol. The molecule has 1 aromatic heterocycles. The van der Waals surface area contributed by atoms with Crippen LogP contribution in [0.3, 0.4) is 0 Å². The second-order valence-electron chi connectivity index (χ2n) is 4.87. The lowest BCUT2D eigenvalue weighted by molar-refractivity contribution is -0.138. The number of rotatable bonds is 4. The Hall–Kier alpha value is -2.20. The summed E-state index contributed by atoms with van der Waals surface area (Å²) in [4.78, 5) is 11.6. The first-order chi connectivity index (χ1) is 10.2. The van der Waals surface area contributed by atoms with Gasteiger partial charge in [0.05, 0.1) is 5.92 Å². The van der Waals surface area contributed by atoms with E-state index in [2.05, 4.69) is 0 Å². The number of benzene rings is 2. The molecule has 0 fully saturated rings. The molecule has 0 aliphatic carbocycles. The molecular formula is C17H13FO2S. The van der Waals surface area contributed by atoms with Crippen LogP contribution in [0.25, 0.3) is 10.1 Å². The summed E-state index contributed by atoms with van der Waals surface area (Å²) in [5, 5.41) is 12.5. The minimum atomic E-state index is -1.00. The molecular weight excluding hydrogens is 287 g/mol. The van der Waals surface area contributed by atoms with Gasteiger partial charge < -0.3 is 5.11 Å². The first-order valence-corrected chi connectivity index (χ1v) is 7.47. The van der Waals surface area contributed by atoms with E-state index in [-0.39, 0.29) is 5.56 Å². The van der Waals surface area contributed by atoms with E-state index in [1.807, 2.05) is 29.6 Å². The van der Waals surface area contributed by atoms with E-state index >= 15 is 0 Å². The van der Waals surface area contributed by atoms with E-state index in [1.165, 1.54) is 6.07 Å². The fourth-order valence-corrected chi connectivity index (χ4v) is 3.47. The fraction of sp³-hybridized carbons (Fsp3) is 0.118. The number of carbonyl (C=O) groups is 1. The quantitative estimate of drug-likeness (QED) is 0.773. The maximum absolute atomic E-state index is 13.9. The highest BCUT2D eigenvalue weighted by molar-refractivity contribution is 7.17. The standard InChI is InChI=1S/C17H13FO2S/c18-15-7-3-1-6-13(15)14(17(19)20)9-11-10-21-16-8-4-2-5-12(11)16/h1-8,10,14H,9H2,(H,19,20). The molecule has 0 aliphatic heterocycles. The number of carboxylic acid groups (broad SMARTS) is 1. The zero-order valence-electron chi connectivity index (χ0n) is 11.1. The van der Waals surface area contributed by atoms with Gasteiger partial charge in [-0.25, -0.2) is 4.39 Å². The minimum Gasteiger partial charge on any atom is -0.481 e. The highest BCUT2D eigenvalue weighted by atomic mass is 32.1. The summed E-state index contributed by atoms with van der Waals surface area (Å²) in [7, 11) is 0. The Morgan fingerprint density at radius 2 is 1.86 bits per heavy atom. The molecule has 0 saturated heterocycles. The molecule has 4 heteroatoms. The van der Waals surface area contributed by atoms with E-state index in [9.17, 15) is 14.3 Å². The van der Waals surface area contributed by atoms with Crippen LogP contribution in [0.1, 0.15) is 17.0 Å². The maximum Gasteiger partial charge on any atom is 0.311 e. The van der Waals surface area contributed by atoms with Crippen LogP contribution in [-0.4, -0.2) is 11.1 Å². The molecule has 1 N–H and O–H groups in total.